The molecule has 0 bridgehead atoms. The van der Waals surface area contributed by atoms with Gasteiger partial charge in [0, 0.05) is 24.7 Å². The van der Waals surface area contributed by atoms with Gasteiger partial charge in [0.25, 0.3) is 5.91 Å². The van der Waals surface area contributed by atoms with Gasteiger partial charge in [0.05, 0.1) is 0 Å². The summed E-state index contributed by atoms with van der Waals surface area (Å²) < 4.78 is 5.76. The fraction of sp³-hybridized carbons (Fsp3) is 0.316. The van der Waals surface area contributed by atoms with Crippen LogP contribution in [0.3, 0.4) is 0 Å². The van der Waals surface area contributed by atoms with Crippen molar-refractivity contribution in [3.8, 4) is 11.5 Å². The maximum Gasteiger partial charge on any atom is 0.254 e. The van der Waals surface area contributed by atoms with E-state index < -0.39 is 0 Å². The van der Waals surface area contributed by atoms with Gasteiger partial charge in [0.1, 0.15) is 11.5 Å². The van der Waals surface area contributed by atoms with Gasteiger partial charge in [-0.1, -0.05) is 18.2 Å². The molecule has 0 saturated carbocycles. The number of piperidine rings is 1. The van der Waals surface area contributed by atoms with E-state index in [1.807, 2.05) is 59.5 Å². The standard InChI is InChI=1S/C19H22N2O2.ClH/c20-14-16-6-4-5-13-21(16)19(22)15-9-11-18(12-10-15)23-17-7-2-1-3-8-17;/h1-3,7-12,16H,4-6,13-14,20H2;1H. The lowest BCUT2D eigenvalue weighted by Gasteiger charge is -2.35. The number of halogens is 1. The van der Waals surface area contributed by atoms with Crippen LogP contribution in [0.15, 0.2) is 54.6 Å². The van der Waals surface area contributed by atoms with E-state index in [-0.39, 0.29) is 24.4 Å². The van der Waals surface area contributed by atoms with Crippen molar-refractivity contribution >= 4 is 18.3 Å². The first kappa shape index (κ1) is 18.3. The zero-order chi connectivity index (χ0) is 16.1. The largest absolute Gasteiger partial charge is 0.457 e. The Hall–Kier alpha value is -2.04. The molecule has 0 spiro atoms. The molecule has 0 radical (unpaired) electrons. The predicted molar refractivity (Wildman–Crippen MR) is 97.9 cm³/mol. The molecule has 1 saturated heterocycles. The van der Waals surface area contributed by atoms with E-state index in [4.69, 9.17) is 10.5 Å². The zero-order valence-corrected chi connectivity index (χ0v) is 14.4. The summed E-state index contributed by atoms with van der Waals surface area (Å²) in [5.74, 6) is 1.57. The number of hydrogen-bond donors (Lipinski definition) is 1. The van der Waals surface area contributed by atoms with E-state index in [0.29, 0.717) is 12.1 Å². The molecule has 4 nitrogen and oxygen atoms in total. The smallest absolute Gasteiger partial charge is 0.254 e. The van der Waals surface area contributed by atoms with Gasteiger partial charge in [0.15, 0.2) is 0 Å². The summed E-state index contributed by atoms with van der Waals surface area (Å²) in [4.78, 5) is 14.6. The van der Waals surface area contributed by atoms with Crippen LogP contribution in [0.4, 0.5) is 0 Å². The van der Waals surface area contributed by atoms with Gasteiger partial charge in [-0.25, -0.2) is 0 Å². The number of benzene rings is 2. The molecule has 1 atom stereocenters. The van der Waals surface area contributed by atoms with E-state index in [1.54, 1.807) is 0 Å². The fourth-order valence-corrected chi connectivity index (χ4v) is 2.97. The first-order valence-corrected chi connectivity index (χ1v) is 8.12. The minimum absolute atomic E-state index is 0. The van der Waals surface area contributed by atoms with Gasteiger partial charge in [-0.15, -0.1) is 12.4 Å². The minimum atomic E-state index is 0. The van der Waals surface area contributed by atoms with Crippen LogP contribution in [0.1, 0.15) is 29.6 Å². The van der Waals surface area contributed by atoms with Crippen LogP contribution in [0.25, 0.3) is 0 Å². The van der Waals surface area contributed by atoms with E-state index in [0.717, 1.165) is 37.3 Å². The van der Waals surface area contributed by atoms with Gasteiger partial charge in [-0.3, -0.25) is 4.79 Å². The molecule has 1 heterocycles. The summed E-state index contributed by atoms with van der Waals surface area (Å²) in [6, 6.07) is 17.1. The predicted octanol–water partition coefficient (Wildman–Crippen LogP) is 3.85. The van der Waals surface area contributed by atoms with Gasteiger partial charge in [-0.05, 0) is 55.7 Å². The van der Waals surface area contributed by atoms with Crippen LogP contribution in [-0.2, 0) is 0 Å². The number of nitrogens with zero attached hydrogens (tertiary/aromatic N) is 1. The fourth-order valence-electron chi connectivity index (χ4n) is 2.97. The highest BCUT2D eigenvalue weighted by atomic mass is 35.5. The average Bonchev–Trinajstić information content (AvgIpc) is 2.62. The van der Waals surface area contributed by atoms with Crippen LogP contribution < -0.4 is 10.5 Å². The number of hydrogen-bond acceptors (Lipinski definition) is 3. The Morgan fingerprint density at radius 3 is 2.38 bits per heavy atom. The molecule has 24 heavy (non-hydrogen) atoms. The molecule has 0 aliphatic carbocycles. The molecule has 0 aromatic heterocycles. The number of carbonyl (C=O) groups is 1. The van der Waals surface area contributed by atoms with Crippen molar-refractivity contribution in [3.63, 3.8) is 0 Å². The molecule has 1 aliphatic heterocycles. The molecule has 1 unspecified atom stereocenters. The Bertz CT molecular complexity index is 646. The quantitative estimate of drug-likeness (QED) is 0.914. The van der Waals surface area contributed by atoms with E-state index in [9.17, 15) is 4.79 Å². The topological polar surface area (TPSA) is 55.6 Å². The normalized spacial score (nSPS) is 17.0. The monoisotopic (exact) mass is 346 g/mol. The highest BCUT2D eigenvalue weighted by Gasteiger charge is 2.26. The second kappa shape index (κ2) is 8.71. The van der Waals surface area contributed by atoms with Gasteiger partial charge in [0.2, 0.25) is 0 Å². The first-order valence-electron chi connectivity index (χ1n) is 8.12. The first-order chi connectivity index (χ1) is 11.3. The van der Waals surface area contributed by atoms with Crippen molar-refractivity contribution in [1.29, 1.82) is 0 Å². The summed E-state index contributed by atoms with van der Waals surface area (Å²) in [6.45, 7) is 1.32. The van der Waals surface area contributed by atoms with E-state index in [2.05, 4.69) is 0 Å². The van der Waals surface area contributed by atoms with Gasteiger partial charge < -0.3 is 15.4 Å². The molecule has 1 amide bonds. The molecular weight excluding hydrogens is 324 g/mol. The van der Waals surface area contributed by atoms with E-state index in [1.165, 1.54) is 0 Å². The Labute approximate surface area is 149 Å². The van der Waals surface area contributed by atoms with Crippen LogP contribution in [0, 0.1) is 0 Å². The summed E-state index contributed by atoms with van der Waals surface area (Å²) in [5.41, 5.74) is 6.49. The number of amides is 1. The minimum Gasteiger partial charge on any atom is -0.457 e. The van der Waals surface area contributed by atoms with Crippen LogP contribution >= 0.6 is 12.4 Å². The lowest BCUT2D eigenvalue weighted by molar-refractivity contribution is 0.0623. The molecule has 1 fully saturated rings. The van der Waals surface area contributed by atoms with Crippen molar-refractivity contribution in [2.24, 2.45) is 5.73 Å². The maximum atomic E-state index is 12.7. The highest BCUT2D eigenvalue weighted by Crippen LogP contribution is 2.23. The van der Waals surface area contributed by atoms with Crippen molar-refractivity contribution in [2.45, 2.75) is 25.3 Å². The van der Waals surface area contributed by atoms with Crippen molar-refractivity contribution in [3.05, 3.63) is 60.2 Å². The van der Waals surface area contributed by atoms with Crippen molar-refractivity contribution in [1.82, 2.24) is 4.90 Å². The third kappa shape index (κ3) is 4.28. The Kier molecular flexibility index (Phi) is 6.64. The van der Waals surface area contributed by atoms with E-state index >= 15 is 0 Å². The number of carbonyl (C=O) groups excluding carboxylic acids is 1. The number of likely N-dealkylation sites (tertiary alicyclic amines) is 1. The summed E-state index contributed by atoms with van der Waals surface area (Å²) in [6.07, 6.45) is 3.20. The second-order valence-electron chi connectivity index (χ2n) is 5.82. The second-order valence-corrected chi connectivity index (χ2v) is 5.82. The van der Waals surface area contributed by atoms with Crippen molar-refractivity contribution < 1.29 is 9.53 Å². The highest BCUT2D eigenvalue weighted by molar-refractivity contribution is 5.94. The number of nitrogens with two attached hydrogens (primary N) is 1. The van der Waals surface area contributed by atoms with Gasteiger partial charge >= 0.3 is 0 Å². The number of para-hydroxylation sites is 1. The Morgan fingerprint density at radius 1 is 1.04 bits per heavy atom. The molecule has 2 aromatic rings. The summed E-state index contributed by atoms with van der Waals surface area (Å²) in [5, 5.41) is 0. The van der Waals surface area contributed by atoms with Crippen LogP contribution in [0.5, 0.6) is 11.5 Å². The number of rotatable bonds is 4. The van der Waals surface area contributed by atoms with Gasteiger partial charge in [-0.2, -0.15) is 0 Å². The average molecular weight is 347 g/mol. The molecule has 128 valence electrons. The molecule has 2 N–H and O–H groups in total. The maximum absolute atomic E-state index is 12.7. The lowest BCUT2D eigenvalue weighted by atomic mass is 10.0. The Morgan fingerprint density at radius 2 is 1.71 bits per heavy atom. The molecule has 2 aromatic carbocycles. The zero-order valence-electron chi connectivity index (χ0n) is 13.6. The summed E-state index contributed by atoms with van der Waals surface area (Å²) >= 11 is 0. The molecule has 3 rings (SSSR count). The third-order valence-electron chi connectivity index (χ3n) is 4.24. The molecular formula is C19H23ClN2O2. The SMILES string of the molecule is Cl.NCC1CCCCN1C(=O)c1ccc(Oc2ccccc2)cc1. The Balaban J connectivity index is 0.00000208. The number of ether oxygens (including phenoxy) is 1. The van der Waals surface area contributed by atoms with Crippen molar-refractivity contribution in [2.75, 3.05) is 13.1 Å². The lowest BCUT2D eigenvalue weighted by Crippen LogP contribution is -2.47. The van der Waals surface area contributed by atoms with Crippen LogP contribution in [-0.4, -0.2) is 29.9 Å². The third-order valence-corrected chi connectivity index (χ3v) is 4.24. The summed E-state index contributed by atoms with van der Waals surface area (Å²) in [7, 11) is 0. The van der Waals surface area contributed by atoms with Crippen LogP contribution in [0.2, 0.25) is 0 Å². The molecule has 1 aliphatic rings. The molecule has 5 heteroatoms.